The normalized spacial score (nSPS) is 17.1. The van der Waals surface area contributed by atoms with Crippen molar-refractivity contribution in [2.75, 3.05) is 11.5 Å². The highest BCUT2D eigenvalue weighted by Crippen LogP contribution is 2.43. The lowest BCUT2D eigenvalue weighted by Crippen LogP contribution is -2.29. The van der Waals surface area contributed by atoms with Crippen LogP contribution in [-0.2, 0) is 14.3 Å². The molecule has 34 heavy (non-hydrogen) atoms. The summed E-state index contributed by atoms with van der Waals surface area (Å²) < 4.78 is 19.9. The third kappa shape index (κ3) is 4.18. The molecule has 1 aliphatic rings. The summed E-state index contributed by atoms with van der Waals surface area (Å²) in [6.45, 7) is 1.88. The van der Waals surface area contributed by atoms with Crippen LogP contribution in [0.5, 0.6) is 0 Å². The molecule has 0 radical (unpaired) electrons. The monoisotopic (exact) mass is 479 g/mol. The summed E-state index contributed by atoms with van der Waals surface area (Å²) in [4.78, 5) is 39.3. The molecule has 0 aromatic heterocycles. The molecule has 1 heterocycles. The topological polar surface area (TPSA) is 83.9 Å². The van der Waals surface area contributed by atoms with Crippen LogP contribution in [0.4, 0.5) is 10.1 Å². The van der Waals surface area contributed by atoms with Gasteiger partial charge < -0.3 is 9.84 Å². The minimum absolute atomic E-state index is 0.0340. The average Bonchev–Trinajstić information content (AvgIpc) is 3.10. The molecule has 0 spiro atoms. The number of aliphatic hydroxyl groups is 1. The smallest absolute Gasteiger partial charge is 0.338 e. The number of ether oxygens (including phenoxy) is 1. The molecule has 3 aromatic carbocycles. The van der Waals surface area contributed by atoms with Crippen molar-refractivity contribution >= 4 is 40.7 Å². The Balaban J connectivity index is 1.88. The number of hydrogen-bond acceptors (Lipinski definition) is 5. The summed E-state index contributed by atoms with van der Waals surface area (Å²) in [7, 11) is 0. The summed E-state index contributed by atoms with van der Waals surface area (Å²) in [6.07, 6.45) is 0. The zero-order chi connectivity index (χ0) is 24.4. The number of carbonyl (C=O) groups is 3. The van der Waals surface area contributed by atoms with Crippen molar-refractivity contribution < 1.29 is 28.6 Å². The maximum absolute atomic E-state index is 14.9. The van der Waals surface area contributed by atoms with E-state index in [0.717, 1.165) is 4.90 Å². The Labute approximate surface area is 199 Å². The molecule has 0 bridgehead atoms. The lowest BCUT2D eigenvalue weighted by molar-refractivity contribution is -0.132. The van der Waals surface area contributed by atoms with Crippen molar-refractivity contribution in [3.8, 4) is 0 Å². The number of Topliss-reactive ketones (excluding diaryl/α,β-unsaturated/α-hetero) is 1. The minimum atomic E-state index is -1.23. The molecular weight excluding hydrogens is 461 g/mol. The maximum Gasteiger partial charge on any atom is 0.338 e. The van der Waals surface area contributed by atoms with Crippen LogP contribution in [-0.4, -0.2) is 29.4 Å². The number of amides is 1. The fourth-order valence-corrected chi connectivity index (χ4v) is 3.95. The third-order valence-electron chi connectivity index (χ3n) is 5.42. The van der Waals surface area contributed by atoms with Gasteiger partial charge >= 0.3 is 5.97 Å². The Morgan fingerprint density at radius 1 is 1.00 bits per heavy atom. The first-order chi connectivity index (χ1) is 16.3. The van der Waals surface area contributed by atoms with Crippen molar-refractivity contribution in [1.29, 1.82) is 0 Å². The molecule has 1 aliphatic heterocycles. The number of hydrogen-bond donors (Lipinski definition) is 1. The third-order valence-corrected chi connectivity index (χ3v) is 5.67. The van der Waals surface area contributed by atoms with Crippen molar-refractivity contribution in [3.05, 3.63) is 106 Å². The molecule has 0 saturated carbocycles. The van der Waals surface area contributed by atoms with Gasteiger partial charge in [0.25, 0.3) is 11.7 Å². The number of carbonyl (C=O) groups excluding carboxylic acids is 3. The number of halogens is 2. The molecule has 1 amide bonds. The molecule has 4 rings (SSSR count). The summed E-state index contributed by atoms with van der Waals surface area (Å²) in [5.41, 5.74) is 0.532. The lowest BCUT2D eigenvalue weighted by atomic mass is 9.94. The highest BCUT2D eigenvalue weighted by Gasteiger charge is 2.47. The van der Waals surface area contributed by atoms with Crippen molar-refractivity contribution in [1.82, 2.24) is 0 Å². The van der Waals surface area contributed by atoms with E-state index in [0.29, 0.717) is 5.02 Å². The lowest BCUT2D eigenvalue weighted by Gasteiger charge is -2.26. The fraction of sp³-hybridized carbons (Fsp3) is 0.115. The van der Waals surface area contributed by atoms with Crippen LogP contribution in [0.15, 0.2) is 78.4 Å². The van der Waals surface area contributed by atoms with E-state index in [1.54, 1.807) is 13.0 Å². The number of esters is 1. The first-order valence-electron chi connectivity index (χ1n) is 10.4. The molecule has 1 fully saturated rings. The van der Waals surface area contributed by atoms with Gasteiger partial charge in [0, 0.05) is 21.8 Å². The van der Waals surface area contributed by atoms with Crippen LogP contribution in [0.2, 0.25) is 5.02 Å². The second kappa shape index (κ2) is 9.49. The van der Waals surface area contributed by atoms with Gasteiger partial charge in [-0.1, -0.05) is 29.8 Å². The number of ketones is 1. The van der Waals surface area contributed by atoms with Crippen LogP contribution in [0.1, 0.15) is 34.5 Å². The Kier molecular flexibility index (Phi) is 6.47. The van der Waals surface area contributed by atoms with Gasteiger partial charge in [0.15, 0.2) is 0 Å². The SMILES string of the molecule is CCOC(=O)c1ccc(N2C(=O)C(=O)/C(=C(/O)c3ccc(Cl)cc3)C2c2ccccc2F)cc1. The van der Waals surface area contributed by atoms with Crippen molar-refractivity contribution in [2.24, 2.45) is 0 Å². The Bertz CT molecular complexity index is 1300. The number of anilines is 1. The summed E-state index contributed by atoms with van der Waals surface area (Å²) >= 11 is 5.92. The van der Waals surface area contributed by atoms with Crippen molar-refractivity contribution in [3.63, 3.8) is 0 Å². The van der Waals surface area contributed by atoms with Gasteiger partial charge in [-0.25, -0.2) is 9.18 Å². The Hall–Kier alpha value is -3.97. The van der Waals surface area contributed by atoms with E-state index < -0.39 is 35.3 Å². The van der Waals surface area contributed by atoms with Gasteiger partial charge in [-0.2, -0.15) is 0 Å². The minimum Gasteiger partial charge on any atom is -0.507 e. The fourth-order valence-electron chi connectivity index (χ4n) is 3.83. The highest BCUT2D eigenvalue weighted by molar-refractivity contribution is 6.51. The first kappa shape index (κ1) is 23.2. The van der Waals surface area contributed by atoms with Gasteiger partial charge in [0.05, 0.1) is 23.8 Å². The molecule has 1 saturated heterocycles. The second-order valence-corrected chi connectivity index (χ2v) is 7.90. The van der Waals surface area contributed by atoms with Crippen LogP contribution < -0.4 is 4.90 Å². The van der Waals surface area contributed by atoms with E-state index >= 15 is 0 Å². The first-order valence-corrected chi connectivity index (χ1v) is 10.8. The Morgan fingerprint density at radius 2 is 1.62 bits per heavy atom. The van der Waals surface area contributed by atoms with E-state index in [1.807, 2.05) is 0 Å². The zero-order valence-electron chi connectivity index (χ0n) is 18.0. The Morgan fingerprint density at radius 3 is 2.24 bits per heavy atom. The number of nitrogens with zero attached hydrogens (tertiary/aromatic N) is 1. The number of benzene rings is 3. The number of rotatable bonds is 5. The highest BCUT2D eigenvalue weighted by atomic mass is 35.5. The van der Waals surface area contributed by atoms with Gasteiger partial charge in [-0.15, -0.1) is 0 Å². The average molecular weight is 480 g/mol. The van der Waals surface area contributed by atoms with Crippen LogP contribution in [0.25, 0.3) is 5.76 Å². The molecule has 8 heteroatoms. The largest absolute Gasteiger partial charge is 0.507 e. The molecule has 1 unspecified atom stereocenters. The summed E-state index contributed by atoms with van der Waals surface area (Å²) in [6, 6.07) is 16.4. The van der Waals surface area contributed by atoms with Crippen LogP contribution >= 0.6 is 11.6 Å². The van der Waals surface area contributed by atoms with Gasteiger partial charge in [-0.3, -0.25) is 14.5 Å². The number of aliphatic hydroxyl groups excluding tert-OH is 1. The molecule has 172 valence electrons. The molecular formula is C26H19ClFNO5. The summed E-state index contributed by atoms with van der Waals surface area (Å²) in [5, 5.41) is 11.4. The predicted octanol–water partition coefficient (Wildman–Crippen LogP) is 5.28. The van der Waals surface area contributed by atoms with E-state index in [9.17, 15) is 23.9 Å². The predicted molar refractivity (Wildman–Crippen MR) is 125 cm³/mol. The second-order valence-electron chi connectivity index (χ2n) is 7.46. The molecule has 6 nitrogen and oxygen atoms in total. The van der Waals surface area contributed by atoms with Crippen LogP contribution in [0.3, 0.4) is 0 Å². The van der Waals surface area contributed by atoms with Gasteiger partial charge in [0.1, 0.15) is 11.6 Å². The summed E-state index contributed by atoms with van der Waals surface area (Å²) in [5.74, 6) is -3.54. The van der Waals surface area contributed by atoms with E-state index in [-0.39, 0.29) is 34.6 Å². The molecule has 0 aliphatic carbocycles. The van der Waals surface area contributed by atoms with E-state index in [1.165, 1.54) is 66.7 Å². The van der Waals surface area contributed by atoms with E-state index in [2.05, 4.69) is 0 Å². The standard InChI is InChI=1S/C26H19ClFNO5/c1-2-34-26(33)16-9-13-18(14-10-16)29-22(19-5-3-4-6-20(19)28)21(24(31)25(29)32)23(30)15-7-11-17(27)12-8-15/h3-14,22,30H,2H2,1H3/b23-21+. The van der Waals surface area contributed by atoms with Gasteiger partial charge in [0.2, 0.25) is 0 Å². The quantitative estimate of drug-likeness (QED) is 0.233. The van der Waals surface area contributed by atoms with E-state index in [4.69, 9.17) is 16.3 Å². The van der Waals surface area contributed by atoms with Gasteiger partial charge in [-0.05, 0) is 61.5 Å². The molecule has 1 N–H and O–H groups in total. The maximum atomic E-state index is 14.9. The van der Waals surface area contributed by atoms with Crippen molar-refractivity contribution in [2.45, 2.75) is 13.0 Å². The molecule has 1 atom stereocenters. The zero-order valence-corrected chi connectivity index (χ0v) is 18.8. The van der Waals surface area contributed by atoms with Crippen LogP contribution in [0, 0.1) is 5.82 Å². The molecule has 3 aromatic rings.